The molecule has 0 spiro atoms. The Bertz CT molecular complexity index is 356. The molecule has 0 aromatic heterocycles. The Morgan fingerprint density at radius 1 is 0.957 bits per heavy atom. The largest absolute Gasteiger partial charge is 0.370 e. The summed E-state index contributed by atoms with van der Waals surface area (Å²) in [6, 6.07) is 0.580. The zero-order valence-electron chi connectivity index (χ0n) is 16.0. The second-order valence-electron chi connectivity index (χ2n) is 7.25. The molecule has 0 radical (unpaired) electrons. The highest BCUT2D eigenvalue weighted by Crippen LogP contribution is 2.20. The molecule has 5 nitrogen and oxygen atoms in total. The minimum atomic E-state index is -0.333. The molecule has 0 aromatic carbocycles. The van der Waals surface area contributed by atoms with Gasteiger partial charge >= 0.3 is 0 Å². The van der Waals surface area contributed by atoms with Gasteiger partial charge in [-0.25, -0.2) is 0 Å². The Labute approximate surface area is 142 Å². The standard InChI is InChI=1S/C18H37N3O2/c1-14(2)16(10-11-17(19)22)18(23)21(6)13-9-7-8-12-20(5)15(3)4/h14-16H,7-13H2,1-6H3,(H2,19,22). The van der Waals surface area contributed by atoms with E-state index in [2.05, 4.69) is 25.8 Å². The molecular weight excluding hydrogens is 290 g/mol. The second kappa shape index (κ2) is 11.4. The quantitative estimate of drug-likeness (QED) is 0.560. The van der Waals surface area contributed by atoms with Crippen LogP contribution in [0, 0.1) is 11.8 Å². The molecule has 2 N–H and O–H groups in total. The summed E-state index contributed by atoms with van der Waals surface area (Å²) in [5.41, 5.74) is 5.21. The second-order valence-corrected chi connectivity index (χ2v) is 7.25. The summed E-state index contributed by atoms with van der Waals surface area (Å²) in [6.45, 7) is 10.3. The molecule has 0 heterocycles. The zero-order chi connectivity index (χ0) is 18.0. The fraction of sp³-hybridized carbons (Fsp3) is 0.889. The third-order valence-corrected chi connectivity index (χ3v) is 4.59. The Balaban J connectivity index is 4.13. The summed E-state index contributed by atoms with van der Waals surface area (Å²) >= 11 is 0. The molecular formula is C18H37N3O2. The third-order valence-electron chi connectivity index (χ3n) is 4.59. The van der Waals surface area contributed by atoms with Gasteiger partial charge in [0.2, 0.25) is 11.8 Å². The van der Waals surface area contributed by atoms with Crippen LogP contribution in [-0.2, 0) is 9.59 Å². The van der Waals surface area contributed by atoms with Gasteiger partial charge in [-0.1, -0.05) is 20.3 Å². The SMILES string of the molecule is CC(C)C(CCC(N)=O)C(=O)N(C)CCCCCN(C)C(C)C. The molecule has 0 aliphatic rings. The summed E-state index contributed by atoms with van der Waals surface area (Å²) in [7, 11) is 4.01. The highest BCUT2D eigenvalue weighted by Gasteiger charge is 2.25. The van der Waals surface area contributed by atoms with Crippen molar-refractivity contribution in [3.63, 3.8) is 0 Å². The Kier molecular flexibility index (Phi) is 10.9. The van der Waals surface area contributed by atoms with Crippen molar-refractivity contribution in [2.45, 2.75) is 65.8 Å². The summed E-state index contributed by atoms with van der Waals surface area (Å²) in [5, 5.41) is 0. The number of rotatable bonds is 12. The summed E-state index contributed by atoms with van der Waals surface area (Å²) in [4.78, 5) is 27.6. The van der Waals surface area contributed by atoms with Crippen LogP contribution >= 0.6 is 0 Å². The Morgan fingerprint density at radius 2 is 1.52 bits per heavy atom. The van der Waals surface area contributed by atoms with E-state index in [1.165, 1.54) is 0 Å². The number of nitrogens with zero attached hydrogens (tertiary/aromatic N) is 2. The average Bonchev–Trinajstić information content (AvgIpc) is 2.45. The topological polar surface area (TPSA) is 66.6 Å². The molecule has 0 saturated carbocycles. The average molecular weight is 328 g/mol. The lowest BCUT2D eigenvalue weighted by atomic mass is 9.89. The molecule has 1 atom stereocenters. The van der Waals surface area contributed by atoms with E-state index < -0.39 is 0 Å². The molecule has 0 aliphatic heterocycles. The number of amides is 2. The van der Waals surface area contributed by atoms with Gasteiger partial charge in [0, 0.05) is 32.0 Å². The molecule has 0 saturated heterocycles. The van der Waals surface area contributed by atoms with Crippen LogP contribution in [0.4, 0.5) is 0 Å². The Morgan fingerprint density at radius 3 is 2.00 bits per heavy atom. The van der Waals surface area contributed by atoms with Gasteiger partial charge in [0.15, 0.2) is 0 Å². The van der Waals surface area contributed by atoms with Gasteiger partial charge in [-0.3, -0.25) is 9.59 Å². The zero-order valence-corrected chi connectivity index (χ0v) is 16.0. The number of unbranched alkanes of at least 4 members (excludes halogenated alkanes) is 2. The van der Waals surface area contributed by atoms with E-state index in [0.29, 0.717) is 12.5 Å². The van der Waals surface area contributed by atoms with Crippen LogP contribution in [0.1, 0.15) is 59.8 Å². The first-order valence-corrected chi connectivity index (χ1v) is 8.90. The van der Waals surface area contributed by atoms with Gasteiger partial charge < -0.3 is 15.5 Å². The molecule has 2 amide bonds. The van der Waals surface area contributed by atoms with E-state index >= 15 is 0 Å². The molecule has 0 aliphatic carbocycles. The monoisotopic (exact) mass is 327 g/mol. The van der Waals surface area contributed by atoms with E-state index in [0.717, 1.165) is 32.4 Å². The van der Waals surface area contributed by atoms with Crippen molar-refractivity contribution in [2.75, 3.05) is 27.2 Å². The van der Waals surface area contributed by atoms with Gasteiger partial charge in [0.25, 0.3) is 0 Å². The van der Waals surface area contributed by atoms with E-state index in [1.807, 2.05) is 25.8 Å². The lowest BCUT2D eigenvalue weighted by Gasteiger charge is -2.26. The first-order chi connectivity index (χ1) is 10.7. The van der Waals surface area contributed by atoms with Crippen molar-refractivity contribution in [3.8, 4) is 0 Å². The number of primary amides is 1. The fourth-order valence-corrected chi connectivity index (χ4v) is 2.58. The van der Waals surface area contributed by atoms with E-state index in [1.54, 1.807) is 0 Å². The van der Waals surface area contributed by atoms with Crippen molar-refractivity contribution in [2.24, 2.45) is 17.6 Å². The molecule has 0 bridgehead atoms. The van der Waals surface area contributed by atoms with Crippen molar-refractivity contribution < 1.29 is 9.59 Å². The molecule has 136 valence electrons. The molecule has 0 rings (SSSR count). The van der Waals surface area contributed by atoms with Crippen molar-refractivity contribution in [1.29, 1.82) is 0 Å². The van der Waals surface area contributed by atoms with Crippen LogP contribution in [-0.4, -0.2) is 54.8 Å². The number of hydrogen-bond donors (Lipinski definition) is 1. The number of hydrogen-bond acceptors (Lipinski definition) is 3. The maximum Gasteiger partial charge on any atom is 0.225 e. The van der Waals surface area contributed by atoms with Crippen LogP contribution in [0.2, 0.25) is 0 Å². The van der Waals surface area contributed by atoms with E-state index in [4.69, 9.17) is 5.73 Å². The minimum absolute atomic E-state index is 0.112. The molecule has 5 heteroatoms. The first kappa shape index (κ1) is 21.9. The van der Waals surface area contributed by atoms with Crippen molar-refractivity contribution in [3.05, 3.63) is 0 Å². The van der Waals surface area contributed by atoms with Crippen molar-refractivity contribution in [1.82, 2.24) is 9.80 Å². The highest BCUT2D eigenvalue weighted by molar-refractivity contribution is 5.80. The molecule has 0 aromatic rings. The minimum Gasteiger partial charge on any atom is -0.370 e. The predicted octanol–water partition coefficient (Wildman–Crippen LogP) is 2.49. The summed E-state index contributed by atoms with van der Waals surface area (Å²) in [6.07, 6.45) is 4.14. The number of carbonyl (C=O) groups is 2. The van der Waals surface area contributed by atoms with Crippen LogP contribution in [0.25, 0.3) is 0 Å². The van der Waals surface area contributed by atoms with Gasteiger partial charge in [0.05, 0.1) is 0 Å². The number of nitrogens with two attached hydrogens (primary N) is 1. The lowest BCUT2D eigenvalue weighted by molar-refractivity contribution is -0.136. The first-order valence-electron chi connectivity index (χ1n) is 8.90. The van der Waals surface area contributed by atoms with Crippen LogP contribution in [0.3, 0.4) is 0 Å². The van der Waals surface area contributed by atoms with Crippen LogP contribution < -0.4 is 5.73 Å². The van der Waals surface area contributed by atoms with Crippen LogP contribution in [0.15, 0.2) is 0 Å². The van der Waals surface area contributed by atoms with Crippen LogP contribution in [0.5, 0.6) is 0 Å². The normalized spacial score (nSPS) is 12.9. The molecule has 0 fully saturated rings. The maximum atomic E-state index is 12.5. The molecule has 23 heavy (non-hydrogen) atoms. The lowest BCUT2D eigenvalue weighted by Crippen LogP contribution is -2.36. The van der Waals surface area contributed by atoms with Gasteiger partial charge in [-0.2, -0.15) is 0 Å². The smallest absolute Gasteiger partial charge is 0.225 e. The Hall–Kier alpha value is -1.10. The highest BCUT2D eigenvalue weighted by atomic mass is 16.2. The van der Waals surface area contributed by atoms with Gasteiger partial charge in [0.1, 0.15) is 0 Å². The maximum absolute atomic E-state index is 12.5. The summed E-state index contributed by atoms with van der Waals surface area (Å²) in [5.74, 6) is -0.0792. The van der Waals surface area contributed by atoms with E-state index in [-0.39, 0.29) is 30.1 Å². The van der Waals surface area contributed by atoms with E-state index in [9.17, 15) is 9.59 Å². The molecule has 1 unspecified atom stereocenters. The third kappa shape index (κ3) is 9.59. The van der Waals surface area contributed by atoms with Gasteiger partial charge in [-0.05, 0) is 52.6 Å². The summed E-state index contributed by atoms with van der Waals surface area (Å²) < 4.78 is 0. The van der Waals surface area contributed by atoms with Crippen molar-refractivity contribution >= 4 is 11.8 Å². The fourth-order valence-electron chi connectivity index (χ4n) is 2.58. The predicted molar refractivity (Wildman–Crippen MR) is 96.0 cm³/mol. The number of carbonyl (C=O) groups excluding carboxylic acids is 2. The van der Waals surface area contributed by atoms with Gasteiger partial charge in [-0.15, -0.1) is 0 Å².